The van der Waals surface area contributed by atoms with Crippen molar-refractivity contribution >= 4 is 16.8 Å². The van der Waals surface area contributed by atoms with Gasteiger partial charge >= 0.3 is 0 Å². The lowest BCUT2D eigenvalue weighted by molar-refractivity contribution is 0.0847. The fourth-order valence-electron chi connectivity index (χ4n) is 1.56. The average Bonchev–Trinajstić information content (AvgIpc) is 2.74. The largest absolute Gasteiger partial charge is 0.345 e. The molecule has 1 aromatic heterocycles. The number of fused-ring (bicyclic) bond motifs is 1. The van der Waals surface area contributed by atoms with Gasteiger partial charge in [0.05, 0.1) is 17.4 Å². The number of nitrogens with zero attached hydrogens (tertiary/aromatic N) is 1. The number of aromatic nitrogens is 2. The van der Waals surface area contributed by atoms with E-state index in [9.17, 15) is 4.79 Å². The number of benzene rings is 1. The number of H-pyrrole nitrogens is 1. The van der Waals surface area contributed by atoms with E-state index in [0.717, 1.165) is 11.0 Å². The van der Waals surface area contributed by atoms with Crippen LogP contribution in [0.25, 0.3) is 11.0 Å². The molecule has 3 N–H and O–H groups in total. The summed E-state index contributed by atoms with van der Waals surface area (Å²) < 4.78 is 0. The van der Waals surface area contributed by atoms with Gasteiger partial charge < -0.3 is 10.7 Å². The average molecular weight is 217 g/mol. The van der Waals surface area contributed by atoms with Crippen molar-refractivity contribution in [3.63, 3.8) is 0 Å². The van der Waals surface area contributed by atoms with Crippen molar-refractivity contribution in [2.24, 2.45) is 11.1 Å². The first-order chi connectivity index (χ1) is 7.54. The summed E-state index contributed by atoms with van der Waals surface area (Å²) in [6.45, 7) is 4.05. The molecule has 0 bridgehead atoms. The van der Waals surface area contributed by atoms with Gasteiger partial charge in [0.1, 0.15) is 0 Å². The quantitative estimate of drug-likeness (QED) is 0.769. The highest BCUT2D eigenvalue weighted by Gasteiger charge is 2.27. The van der Waals surface area contributed by atoms with Gasteiger partial charge in [-0.1, -0.05) is 13.8 Å². The van der Waals surface area contributed by atoms with Crippen LogP contribution in [-0.4, -0.2) is 22.3 Å². The Labute approximate surface area is 93.9 Å². The van der Waals surface area contributed by atoms with Gasteiger partial charge in [-0.15, -0.1) is 0 Å². The smallest absolute Gasteiger partial charge is 0.169 e. The molecule has 0 aliphatic heterocycles. The maximum Gasteiger partial charge on any atom is 0.169 e. The van der Waals surface area contributed by atoms with Crippen LogP contribution in [0.1, 0.15) is 24.2 Å². The summed E-state index contributed by atoms with van der Waals surface area (Å²) in [5, 5.41) is 0. The van der Waals surface area contributed by atoms with Crippen molar-refractivity contribution in [3.8, 4) is 0 Å². The summed E-state index contributed by atoms with van der Waals surface area (Å²) in [4.78, 5) is 19.2. The first-order valence-electron chi connectivity index (χ1n) is 5.22. The Balaban J connectivity index is 2.43. The molecule has 0 spiro atoms. The van der Waals surface area contributed by atoms with Gasteiger partial charge in [-0.25, -0.2) is 4.98 Å². The maximum atomic E-state index is 12.1. The number of aromatic amines is 1. The number of carbonyl (C=O) groups is 1. The minimum atomic E-state index is -0.520. The van der Waals surface area contributed by atoms with Crippen LogP contribution in [0.4, 0.5) is 0 Å². The Morgan fingerprint density at radius 3 is 2.94 bits per heavy atom. The zero-order valence-electron chi connectivity index (χ0n) is 9.45. The number of nitrogens with one attached hydrogen (secondary N) is 1. The number of Topliss-reactive ketones (excluding diaryl/α,β-unsaturated/α-hetero) is 1. The van der Waals surface area contributed by atoms with Crippen LogP contribution < -0.4 is 5.73 Å². The van der Waals surface area contributed by atoms with Crippen molar-refractivity contribution in [2.45, 2.75) is 13.8 Å². The summed E-state index contributed by atoms with van der Waals surface area (Å²) >= 11 is 0. The minimum absolute atomic E-state index is 0.0616. The molecule has 0 fully saturated rings. The zero-order chi connectivity index (χ0) is 11.8. The highest BCUT2D eigenvalue weighted by Crippen LogP contribution is 2.22. The van der Waals surface area contributed by atoms with Crippen molar-refractivity contribution in [1.29, 1.82) is 0 Å². The molecule has 0 amide bonds. The van der Waals surface area contributed by atoms with Crippen molar-refractivity contribution in [1.82, 2.24) is 9.97 Å². The maximum absolute atomic E-state index is 12.1. The Hall–Kier alpha value is -1.68. The molecular weight excluding hydrogens is 202 g/mol. The molecule has 0 saturated carbocycles. The first kappa shape index (κ1) is 10.8. The van der Waals surface area contributed by atoms with E-state index < -0.39 is 5.41 Å². The number of hydrogen-bond acceptors (Lipinski definition) is 3. The van der Waals surface area contributed by atoms with E-state index in [4.69, 9.17) is 5.73 Å². The Morgan fingerprint density at radius 2 is 2.25 bits per heavy atom. The molecule has 84 valence electrons. The fraction of sp³-hybridized carbons (Fsp3) is 0.333. The molecule has 16 heavy (non-hydrogen) atoms. The number of hydrogen-bond donors (Lipinski definition) is 2. The molecule has 0 unspecified atom stereocenters. The number of carbonyl (C=O) groups excluding carboxylic acids is 1. The SMILES string of the molecule is CC(C)(CN)C(=O)c1ccc2nc[nH]c2c1. The molecule has 2 aromatic rings. The topological polar surface area (TPSA) is 71.8 Å². The molecule has 0 atom stereocenters. The summed E-state index contributed by atoms with van der Waals surface area (Å²) in [6, 6.07) is 5.46. The third kappa shape index (κ3) is 1.72. The fourth-order valence-corrected chi connectivity index (χ4v) is 1.56. The molecule has 4 nitrogen and oxygen atoms in total. The number of imidazole rings is 1. The molecular formula is C12H15N3O. The standard InChI is InChI=1S/C12H15N3O/c1-12(2,6-13)11(16)8-3-4-9-10(5-8)15-7-14-9/h3-5,7H,6,13H2,1-2H3,(H,14,15). The second kappa shape index (κ2) is 3.72. The van der Waals surface area contributed by atoms with Gasteiger partial charge in [0, 0.05) is 17.5 Å². The van der Waals surface area contributed by atoms with E-state index >= 15 is 0 Å². The van der Waals surface area contributed by atoms with Crippen LogP contribution >= 0.6 is 0 Å². The van der Waals surface area contributed by atoms with Crippen LogP contribution in [-0.2, 0) is 0 Å². The van der Waals surface area contributed by atoms with Gasteiger partial charge in [0.15, 0.2) is 5.78 Å². The second-order valence-corrected chi connectivity index (χ2v) is 4.55. The van der Waals surface area contributed by atoms with E-state index in [1.54, 1.807) is 12.4 Å². The Bertz CT molecular complexity index is 528. The lowest BCUT2D eigenvalue weighted by atomic mass is 9.84. The summed E-state index contributed by atoms with van der Waals surface area (Å²) in [5.41, 5.74) is 7.49. The summed E-state index contributed by atoms with van der Waals surface area (Å²) in [6.07, 6.45) is 1.62. The predicted molar refractivity (Wildman–Crippen MR) is 63.3 cm³/mol. The highest BCUT2D eigenvalue weighted by molar-refractivity contribution is 6.02. The van der Waals surface area contributed by atoms with Crippen molar-refractivity contribution in [3.05, 3.63) is 30.1 Å². The molecule has 0 radical (unpaired) electrons. The van der Waals surface area contributed by atoms with Crippen molar-refractivity contribution in [2.75, 3.05) is 6.54 Å². The van der Waals surface area contributed by atoms with E-state index in [1.165, 1.54) is 0 Å². The third-order valence-electron chi connectivity index (χ3n) is 2.81. The van der Waals surface area contributed by atoms with E-state index in [1.807, 2.05) is 26.0 Å². The predicted octanol–water partition coefficient (Wildman–Crippen LogP) is 1.73. The molecule has 0 aliphatic carbocycles. The Morgan fingerprint density at radius 1 is 1.50 bits per heavy atom. The van der Waals surface area contributed by atoms with E-state index in [2.05, 4.69) is 9.97 Å². The lowest BCUT2D eigenvalue weighted by Crippen LogP contribution is -2.32. The van der Waals surface area contributed by atoms with Gasteiger partial charge in [0.25, 0.3) is 0 Å². The number of rotatable bonds is 3. The van der Waals surface area contributed by atoms with Gasteiger partial charge in [0.2, 0.25) is 0 Å². The van der Waals surface area contributed by atoms with Crippen LogP contribution in [0.15, 0.2) is 24.5 Å². The highest BCUT2D eigenvalue weighted by atomic mass is 16.1. The van der Waals surface area contributed by atoms with Gasteiger partial charge in [-0.05, 0) is 18.2 Å². The van der Waals surface area contributed by atoms with Crippen LogP contribution in [0, 0.1) is 5.41 Å². The number of ketones is 1. The normalized spacial score (nSPS) is 11.9. The lowest BCUT2D eigenvalue weighted by Gasteiger charge is -2.20. The molecule has 4 heteroatoms. The molecule has 0 aliphatic rings. The molecule has 1 aromatic carbocycles. The van der Waals surface area contributed by atoms with Crippen LogP contribution in [0.2, 0.25) is 0 Å². The van der Waals surface area contributed by atoms with Crippen LogP contribution in [0.3, 0.4) is 0 Å². The monoisotopic (exact) mass is 217 g/mol. The van der Waals surface area contributed by atoms with Gasteiger partial charge in [-0.2, -0.15) is 0 Å². The van der Waals surface area contributed by atoms with E-state index in [0.29, 0.717) is 12.1 Å². The zero-order valence-corrected chi connectivity index (χ0v) is 9.45. The van der Waals surface area contributed by atoms with Crippen molar-refractivity contribution < 1.29 is 4.79 Å². The number of nitrogens with two attached hydrogens (primary N) is 1. The second-order valence-electron chi connectivity index (χ2n) is 4.55. The molecule has 0 saturated heterocycles. The summed E-state index contributed by atoms with van der Waals surface area (Å²) in [7, 11) is 0. The molecule has 2 rings (SSSR count). The van der Waals surface area contributed by atoms with E-state index in [-0.39, 0.29) is 5.78 Å². The third-order valence-corrected chi connectivity index (χ3v) is 2.81. The first-order valence-corrected chi connectivity index (χ1v) is 5.22. The Kier molecular flexibility index (Phi) is 2.52. The van der Waals surface area contributed by atoms with Crippen LogP contribution in [0.5, 0.6) is 0 Å². The minimum Gasteiger partial charge on any atom is -0.345 e. The summed E-state index contributed by atoms with van der Waals surface area (Å²) in [5.74, 6) is 0.0616. The molecule has 1 heterocycles. The van der Waals surface area contributed by atoms with Gasteiger partial charge in [-0.3, -0.25) is 4.79 Å².